The molecule has 11 heteroatoms. The second-order valence-corrected chi connectivity index (χ2v) is 8.35. The summed E-state index contributed by atoms with van der Waals surface area (Å²) in [4.78, 5) is 11.9. The molecule has 152 valence electrons. The number of halogens is 1. The number of hydrogen-bond acceptors (Lipinski definition) is 6. The number of fused-ring (bicyclic) bond motifs is 1. The summed E-state index contributed by atoms with van der Waals surface area (Å²) < 4.78 is 47.5. The van der Waals surface area contributed by atoms with Crippen LogP contribution in [0.2, 0.25) is 0 Å². The first-order chi connectivity index (χ1) is 13.9. The molecule has 0 unspecified atom stereocenters. The van der Waals surface area contributed by atoms with Gasteiger partial charge in [-0.1, -0.05) is 17.3 Å². The van der Waals surface area contributed by atoms with Crippen molar-refractivity contribution in [2.45, 2.75) is 11.4 Å². The molecular weight excluding hydrogens is 401 g/mol. The van der Waals surface area contributed by atoms with Gasteiger partial charge in [0.25, 0.3) is 0 Å². The van der Waals surface area contributed by atoms with Crippen molar-refractivity contribution in [2.75, 3.05) is 31.6 Å². The molecule has 1 aliphatic heterocycles. The van der Waals surface area contributed by atoms with Gasteiger partial charge in [-0.15, -0.1) is 5.10 Å². The minimum Gasteiger partial charge on any atom is -0.379 e. The van der Waals surface area contributed by atoms with E-state index in [4.69, 9.17) is 4.74 Å². The van der Waals surface area contributed by atoms with E-state index < -0.39 is 26.6 Å². The summed E-state index contributed by atoms with van der Waals surface area (Å²) in [5.41, 5.74) is 1.52. The van der Waals surface area contributed by atoms with Crippen LogP contribution >= 0.6 is 0 Å². The monoisotopic (exact) mass is 419 g/mol. The molecule has 0 atom stereocenters. The second kappa shape index (κ2) is 7.85. The fourth-order valence-corrected chi connectivity index (χ4v) is 4.57. The summed E-state index contributed by atoms with van der Waals surface area (Å²) in [5, 5.41) is 10.5. The molecule has 2 aromatic carbocycles. The van der Waals surface area contributed by atoms with Gasteiger partial charge in [0.2, 0.25) is 15.9 Å². The average Bonchev–Trinajstić information content (AvgIpc) is 3.13. The molecule has 0 radical (unpaired) electrons. The van der Waals surface area contributed by atoms with Crippen LogP contribution in [0.4, 0.5) is 10.1 Å². The number of benzene rings is 2. The first kappa shape index (κ1) is 19.4. The zero-order valence-electron chi connectivity index (χ0n) is 15.3. The van der Waals surface area contributed by atoms with Crippen molar-refractivity contribution >= 4 is 32.7 Å². The van der Waals surface area contributed by atoms with Gasteiger partial charge in [-0.25, -0.2) is 17.5 Å². The third-order valence-corrected chi connectivity index (χ3v) is 6.43. The third-order valence-electron chi connectivity index (χ3n) is 4.52. The van der Waals surface area contributed by atoms with Crippen LogP contribution in [0.25, 0.3) is 11.0 Å². The Kier molecular flexibility index (Phi) is 5.26. The number of sulfonamides is 1. The maximum atomic E-state index is 14.3. The highest BCUT2D eigenvalue weighted by Crippen LogP contribution is 2.24. The smallest absolute Gasteiger partial charge is 0.246 e. The van der Waals surface area contributed by atoms with E-state index in [0.717, 1.165) is 12.1 Å². The number of hydrogen-bond donors (Lipinski definition) is 1. The van der Waals surface area contributed by atoms with E-state index in [-0.39, 0.29) is 38.5 Å². The molecular formula is C18H18FN5O4S. The maximum absolute atomic E-state index is 14.3. The van der Waals surface area contributed by atoms with E-state index in [1.807, 2.05) is 12.1 Å². The molecule has 2 heterocycles. The molecule has 1 amide bonds. The maximum Gasteiger partial charge on any atom is 0.246 e. The molecule has 3 aromatic rings. The molecule has 0 bridgehead atoms. The lowest BCUT2D eigenvalue weighted by Crippen LogP contribution is -2.40. The van der Waals surface area contributed by atoms with Crippen LogP contribution in [0.1, 0.15) is 0 Å². The molecule has 1 N–H and O–H groups in total. The van der Waals surface area contributed by atoms with Crippen molar-refractivity contribution in [3.8, 4) is 0 Å². The minimum absolute atomic E-state index is 0.122. The molecule has 1 aliphatic rings. The molecule has 1 aromatic heterocycles. The molecule has 29 heavy (non-hydrogen) atoms. The van der Waals surface area contributed by atoms with Gasteiger partial charge in [-0.05, 0) is 30.3 Å². The summed E-state index contributed by atoms with van der Waals surface area (Å²) >= 11 is 0. The van der Waals surface area contributed by atoms with Gasteiger partial charge >= 0.3 is 0 Å². The predicted octanol–water partition coefficient (Wildman–Crippen LogP) is 1.23. The van der Waals surface area contributed by atoms with Crippen LogP contribution < -0.4 is 5.32 Å². The molecule has 1 saturated heterocycles. The van der Waals surface area contributed by atoms with Gasteiger partial charge in [0, 0.05) is 18.8 Å². The van der Waals surface area contributed by atoms with E-state index in [1.54, 1.807) is 12.1 Å². The largest absolute Gasteiger partial charge is 0.379 e. The van der Waals surface area contributed by atoms with Gasteiger partial charge in [-0.3, -0.25) is 4.79 Å². The summed E-state index contributed by atoms with van der Waals surface area (Å²) in [6.07, 6.45) is 0. The zero-order chi connectivity index (χ0) is 20.4. The molecule has 4 rings (SSSR count). The number of morpholine rings is 1. The Morgan fingerprint density at radius 2 is 1.93 bits per heavy atom. The average molecular weight is 419 g/mol. The van der Waals surface area contributed by atoms with Gasteiger partial charge in [0.15, 0.2) is 0 Å². The SMILES string of the molecule is O=C(Cn1nnc2ccccc21)Nc1ccc(F)c(S(=O)(=O)N2CCOCC2)c1. The lowest BCUT2D eigenvalue weighted by Gasteiger charge is -2.26. The van der Waals surface area contributed by atoms with E-state index in [2.05, 4.69) is 15.6 Å². The summed E-state index contributed by atoms with van der Waals surface area (Å²) in [7, 11) is -4.03. The molecule has 1 fully saturated rings. The van der Waals surface area contributed by atoms with E-state index >= 15 is 0 Å². The van der Waals surface area contributed by atoms with Gasteiger partial charge < -0.3 is 10.1 Å². The van der Waals surface area contributed by atoms with Crippen LogP contribution in [0.5, 0.6) is 0 Å². The number of carbonyl (C=O) groups is 1. The number of para-hydroxylation sites is 1. The van der Waals surface area contributed by atoms with E-state index in [9.17, 15) is 17.6 Å². The number of rotatable bonds is 5. The highest BCUT2D eigenvalue weighted by Gasteiger charge is 2.29. The lowest BCUT2D eigenvalue weighted by molar-refractivity contribution is -0.116. The highest BCUT2D eigenvalue weighted by atomic mass is 32.2. The number of anilines is 1. The van der Waals surface area contributed by atoms with Crippen molar-refractivity contribution in [2.24, 2.45) is 0 Å². The fraction of sp³-hybridized carbons (Fsp3) is 0.278. The Morgan fingerprint density at radius 1 is 1.17 bits per heavy atom. The van der Waals surface area contributed by atoms with Crippen molar-refractivity contribution in [3.63, 3.8) is 0 Å². The van der Waals surface area contributed by atoms with E-state index in [1.165, 1.54) is 15.1 Å². The normalized spacial score (nSPS) is 15.5. The summed E-state index contributed by atoms with van der Waals surface area (Å²) in [5.74, 6) is -1.32. The minimum atomic E-state index is -4.03. The number of aromatic nitrogens is 3. The number of nitrogens with one attached hydrogen (secondary N) is 1. The van der Waals surface area contributed by atoms with Crippen molar-refractivity contribution < 1.29 is 22.3 Å². The Hall–Kier alpha value is -2.89. The second-order valence-electron chi connectivity index (χ2n) is 6.45. The van der Waals surface area contributed by atoms with Gasteiger partial charge in [0.05, 0.1) is 18.7 Å². The van der Waals surface area contributed by atoms with Gasteiger partial charge in [0.1, 0.15) is 22.8 Å². The zero-order valence-corrected chi connectivity index (χ0v) is 16.1. The number of amides is 1. The number of nitrogens with zero attached hydrogens (tertiary/aromatic N) is 4. The van der Waals surface area contributed by atoms with Crippen LogP contribution in [-0.2, 0) is 26.1 Å². The van der Waals surface area contributed by atoms with Crippen LogP contribution in [0.15, 0.2) is 47.4 Å². The van der Waals surface area contributed by atoms with Crippen molar-refractivity contribution in [3.05, 3.63) is 48.3 Å². The molecule has 0 aliphatic carbocycles. The standard InChI is InChI=1S/C18H18FN5O4S/c19-14-6-5-13(11-17(14)29(26,27)23-7-9-28-10-8-23)20-18(25)12-24-16-4-2-1-3-15(16)21-22-24/h1-6,11H,7-10,12H2,(H,20,25). The summed E-state index contributed by atoms with van der Waals surface area (Å²) in [6.45, 7) is 0.686. The number of carbonyl (C=O) groups excluding carboxylic acids is 1. The number of ether oxygens (including phenoxy) is 1. The quantitative estimate of drug-likeness (QED) is 0.667. The van der Waals surface area contributed by atoms with Crippen LogP contribution in [0, 0.1) is 5.82 Å². The Balaban J connectivity index is 1.53. The first-order valence-corrected chi connectivity index (χ1v) is 10.3. The van der Waals surface area contributed by atoms with Crippen molar-refractivity contribution in [1.82, 2.24) is 19.3 Å². The Morgan fingerprint density at radius 3 is 2.72 bits per heavy atom. The van der Waals surface area contributed by atoms with Gasteiger partial charge in [-0.2, -0.15) is 4.31 Å². The Bertz CT molecular complexity index is 1160. The summed E-state index contributed by atoms with van der Waals surface area (Å²) in [6, 6.07) is 10.6. The predicted molar refractivity (Wildman–Crippen MR) is 102 cm³/mol. The molecule has 9 nitrogen and oxygen atoms in total. The third kappa shape index (κ3) is 3.97. The first-order valence-electron chi connectivity index (χ1n) is 8.91. The van der Waals surface area contributed by atoms with Crippen LogP contribution in [0.3, 0.4) is 0 Å². The topological polar surface area (TPSA) is 106 Å². The molecule has 0 spiro atoms. The fourth-order valence-electron chi connectivity index (χ4n) is 3.08. The lowest BCUT2D eigenvalue weighted by atomic mass is 10.3. The Labute approximate surface area is 166 Å². The van der Waals surface area contributed by atoms with E-state index in [0.29, 0.717) is 11.0 Å². The highest BCUT2D eigenvalue weighted by molar-refractivity contribution is 7.89. The van der Waals surface area contributed by atoms with Crippen molar-refractivity contribution in [1.29, 1.82) is 0 Å². The molecule has 0 saturated carbocycles. The van der Waals surface area contributed by atoms with Crippen LogP contribution in [-0.4, -0.2) is 59.9 Å².